The van der Waals surface area contributed by atoms with Gasteiger partial charge in [-0.2, -0.15) is 0 Å². The Morgan fingerprint density at radius 3 is 2.65 bits per heavy atom. The van der Waals surface area contributed by atoms with E-state index in [0.29, 0.717) is 22.8 Å². The first-order valence-corrected chi connectivity index (χ1v) is 8.98. The highest BCUT2D eigenvalue weighted by molar-refractivity contribution is 9.10. The molecule has 1 aliphatic rings. The van der Waals surface area contributed by atoms with Gasteiger partial charge in [0, 0.05) is 10.5 Å². The number of thiocarbonyl (C=S) groups is 1. The molecular weight excluding hydrogens is 378 g/mol. The zero-order valence-electron chi connectivity index (χ0n) is 13.1. The molecule has 0 aliphatic heterocycles. The monoisotopic (exact) mass is 399 g/mol. The van der Waals surface area contributed by atoms with Crippen molar-refractivity contribution in [3.05, 3.63) is 28.7 Å². The molecule has 1 aromatic rings. The van der Waals surface area contributed by atoms with E-state index in [0.717, 1.165) is 10.9 Å². The van der Waals surface area contributed by atoms with Crippen LogP contribution in [0.4, 0.5) is 0 Å². The third kappa shape index (κ3) is 6.35. The van der Waals surface area contributed by atoms with E-state index in [-0.39, 0.29) is 12.5 Å². The molecular formula is C16H22BrN3O2S. The minimum atomic E-state index is -0.284. The Morgan fingerprint density at radius 2 is 1.96 bits per heavy atom. The van der Waals surface area contributed by atoms with Crippen molar-refractivity contribution >= 4 is 39.2 Å². The summed E-state index contributed by atoms with van der Waals surface area (Å²) >= 11 is 8.56. The van der Waals surface area contributed by atoms with Crippen molar-refractivity contribution in [3.8, 4) is 5.75 Å². The van der Waals surface area contributed by atoms with E-state index in [4.69, 9.17) is 17.0 Å². The summed E-state index contributed by atoms with van der Waals surface area (Å²) in [5, 5.41) is 3.71. The third-order valence-electron chi connectivity index (χ3n) is 3.93. The number of carbonyl (C=O) groups is 1. The van der Waals surface area contributed by atoms with Crippen LogP contribution in [0.3, 0.4) is 0 Å². The van der Waals surface area contributed by atoms with Gasteiger partial charge in [0.05, 0.1) is 0 Å². The van der Waals surface area contributed by atoms with E-state index in [2.05, 4.69) is 39.0 Å². The molecule has 0 heterocycles. The van der Waals surface area contributed by atoms with Crippen LogP contribution in [0, 0.1) is 5.92 Å². The number of hydrogen-bond acceptors (Lipinski definition) is 3. The average molecular weight is 400 g/mol. The van der Waals surface area contributed by atoms with Gasteiger partial charge in [0.2, 0.25) is 0 Å². The summed E-state index contributed by atoms with van der Waals surface area (Å²) in [6, 6.07) is 7.67. The third-order valence-corrected chi connectivity index (χ3v) is 4.68. The fourth-order valence-corrected chi connectivity index (χ4v) is 3.04. The highest BCUT2D eigenvalue weighted by atomic mass is 79.9. The van der Waals surface area contributed by atoms with E-state index >= 15 is 0 Å². The second kappa shape index (κ2) is 9.08. The van der Waals surface area contributed by atoms with Crippen molar-refractivity contribution in [3.63, 3.8) is 0 Å². The molecule has 1 aromatic carbocycles. The molecule has 0 radical (unpaired) electrons. The highest BCUT2D eigenvalue weighted by Gasteiger charge is 2.21. The quantitative estimate of drug-likeness (QED) is 0.536. The molecule has 2 atom stereocenters. The smallest absolute Gasteiger partial charge is 0.276 e. The Hall–Kier alpha value is -1.34. The first-order valence-electron chi connectivity index (χ1n) is 7.78. The summed E-state index contributed by atoms with van der Waals surface area (Å²) in [4.78, 5) is 11.7. The molecule has 7 heteroatoms. The van der Waals surface area contributed by atoms with Gasteiger partial charge in [0.1, 0.15) is 5.75 Å². The van der Waals surface area contributed by atoms with Crippen LogP contribution in [0.1, 0.15) is 32.6 Å². The van der Waals surface area contributed by atoms with Crippen molar-refractivity contribution in [2.24, 2.45) is 5.92 Å². The van der Waals surface area contributed by atoms with Crippen LogP contribution < -0.4 is 20.9 Å². The van der Waals surface area contributed by atoms with Gasteiger partial charge in [-0.1, -0.05) is 35.7 Å². The van der Waals surface area contributed by atoms with Gasteiger partial charge in [-0.15, -0.1) is 0 Å². The standard InChI is InChI=1S/C16H22BrN3O2S/c1-11-4-2-3-5-14(11)18-16(23)20-19-15(21)10-22-13-8-6-12(17)7-9-13/h6-9,11,14H,2-5,10H2,1H3,(H,19,21)(H2,18,20,23)/t11-,14-/m0/s1. The second-order valence-corrected chi connectivity index (χ2v) is 7.08. The Morgan fingerprint density at radius 1 is 1.26 bits per heavy atom. The number of nitrogens with one attached hydrogen (secondary N) is 3. The number of amides is 1. The minimum Gasteiger partial charge on any atom is -0.484 e. The van der Waals surface area contributed by atoms with Crippen LogP contribution >= 0.6 is 28.1 Å². The first kappa shape index (κ1) is 18.0. The van der Waals surface area contributed by atoms with Crippen molar-refractivity contribution in [1.82, 2.24) is 16.2 Å². The normalized spacial score (nSPS) is 20.4. The number of benzene rings is 1. The predicted molar refractivity (Wildman–Crippen MR) is 98.1 cm³/mol. The van der Waals surface area contributed by atoms with Gasteiger partial charge >= 0.3 is 0 Å². The summed E-state index contributed by atoms with van der Waals surface area (Å²) in [5.41, 5.74) is 5.27. The molecule has 0 aromatic heterocycles. The van der Waals surface area contributed by atoms with Crippen molar-refractivity contribution in [2.45, 2.75) is 38.6 Å². The summed E-state index contributed by atoms with van der Waals surface area (Å²) in [5.74, 6) is 0.953. The maximum atomic E-state index is 11.7. The molecule has 23 heavy (non-hydrogen) atoms. The van der Waals surface area contributed by atoms with Crippen molar-refractivity contribution in [1.29, 1.82) is 0 Å². The van der Waals surface area contributed by atoms with Gasteiger partial charge in [-0.25, -0.2) is 0 Å². The van der Waals surface area contributed by atoms with E-state index < -0.39 is 0 Å². The zero-order chi connectivity index (χ0) is 16.7. The van der Waals surface area contributed by atoms with Crippen LogP contribution in [0.15, 0.2) is 28.7 Å². The number of hydrazine groups is 1. The van der Waals surface area contributed by atoms with Crippen molar-refractivity contribution < 1.29 is 9.53 Å². The Bertz CT molecular complexity index is 539. The molecule has 0 unspecified atom stereocenters. The molecule has 0 saturated heterocycles. The van der Waals surface area contributed by atoms with E-state index in [1.165, 1.54) is 19.3 Å². The Labute approximate surface area is 150 Å². The number of hydrogen-bond donors (Lipinski definition) is 3. The fraction of sp³-hybridized carbons (Fsp3) is 0.500. The topological polar surface area (TPSA) is 62.4 Å². The lowest BCUT2D eigenvalue weighted by Gasteiger charge is -2.30. The zero-order valence-corrected chi connectivity index (χ0v) is 15.5. The molecule has 1 amide bonds. The molecule has 1 fully saturated rings. The van der Waals surface area contributed by atoms with E-state index in [9.17, 15) is 4.79 Å². The maximum Gasteiger partial charge on any atom is 0.276 e. The van der Waals surface area contributed by atoms with Gasteiger partial charge < -0.3 is 10.1 Å². The fourth-order valence-electron chi connectivity index (χ4n) is 2.58. The van der Waals surface area contributed by atoms with Crippen molar-refractivity contribution in [2.75, 3.05) is 6.61 Å². The number of halogens is 1. The molecule has 0 spiro atoms. The van der Waals surface area contributed by atoms with Crippen LogP contribution in [-0.2, 0) is 4.79 Å². The summed E-state index contributed by atoms with van der Waals surface area (Å²) < 4.78 is 6.35. The van der Waals surface area contributed by atoms with Crippen LogP contribution in [0.2, 0.25) is 0 Å². The number of rotatable bonds is 4. The summed E-state index contributed by atoms with van der Waals surface area (Å²) in [6.07, 6.45) is 4.83. The summed E-state index contributed by atoms with van der Waals surface area (Å²) in [7, 11) is 0. The SMILES string of the molecule is C[C@H]1CCCC[C@@H]1NC(=S)NNC(=O)COc1ccc(Br)cc1. The lowest BCUT2D eigenvalue weighted by Crippen LogP contribution is -2.52. The molecule has 2 rings (SSSR count). The second-order valence-electron chi connectivity index (χ2n) is 5.76. The average Bonchev–Trinajstić information content (AvgIpc) is 2.54. The molecule has 126 valence electrons. The molecule has 0 bridgehead atoms. The van der Waals surface area contributed by atoms with E-state index in [1.807, 2.05) is 12.1 Å². The number of ether oxygens (including phenoxy) is 1. The van der Waals surface area contributed by atoms with Crippen LogP contribution in [-0.4, -0.2) is 23.7 Å². The van der Waals surface area contributed by atoms with Gasteiger partial charge in [-0.05, 0) is 55.2 Å². The van der Waals surface area contributed by atoms with Gasteiger partial charge in [0.15, 0.2) is 11.7 Å². The van der Waals surface area contributed by atoms with Gasteiger partial charge in [0.25, 0.3) is 5.91 Å². The summed E-state index contributed by atoms with van der Waals surface area (Å²) in [6.45, 7) is 2.15. The van der Waals surface area contributed by atoms with E-state index in [1.54, 1.807) is 12.1 Å². The Balaban J connectivity index is 1.65. The maximum absolute atomic E-state index is 11.7. The first-order chi connectivity index (χ1) is 11.0. The molecule has 1 saturated carbocycles. The lowest BCUT2D eigenvalue weighted by atomic mass is 9.86. The highest BCUT2D eigenvalue weighted by Crippen LogP contribution is 2.23. The van der Waals surface area contributed by atoms with Gasteiger partial charge in [-0.3, -0.25) is 15.6 Å². The molecule has 1 aliphatic carbocycles. The largest absolute Gasteiger partial charge is 0.484 e. The van der Waals surface area contributed by atoms with Crippen LogP contribution in [0.25, 0.3) is 0 Å². The molecule has 3 N–H and O–H groups in total. The predicted octanol–water partition coefficient (Wildman–Crippen LogP) is 2.90. The number of carbonyl (C=O) groups excluding carboxylic acids is 1. The molecule has 5 nitrogen and oxygen atoms in total. The minimum absolute atomic E-state index is 0.0723. The Kier molecular flexibility index (Phi) is 7.11. The lowest BCUT2D eigenvalue weighted by molar-refractivity contribution is -0.123. The van der Waals surface area contributed by atoms with Crippen LogP contribution in [0.5, 0.6) is 5.75 Å².